The number of amides is 1. The van der Waals surface area contributed by atoms with Gasteiger partial charge < -0.3 is 11.1 Å². The van der Waals surface area contributed by atoms with Crippen LogP contribution in [0.4, 0.5) is 4.39 Å². The minimum atomic E-state index is -0.489. The second-order valence-electron chi connectivity index (χ2n) is 9.66. The fourth-order valence-corrected chi connectivity index (χ4v) is 6.11. The maximum Gasteiger partial charge on any atom is 0.237 e. The highest BCUT2D eigenvalue weighted by Crippen LogP contribution is 2.58. The van der Waals surface area contributed by atoms with Crippen molar-refractivity contribution in [2.75, 3.05) is 13.1 Å². The number of halogens is 1. The molecule has 0 bridgehead atoms. The summed E-state index contributed by atoms with van der Waals surface area (Å²) in [5.41, 5.74) is 8.06. The molecule has 1 spiro atoms. The summed E-state index contributed by atoms with van der Waals surface area (Å²) in [6, 6.07) is 7.78. The number of nitrogens with one attached hydrogen (secondary N) is 2. The summed E-state index contributed by atoms with van der Waals surface area (Å²) < 4.78 is 13.3. The molecule has 2 aliphatic carbocycles. The number of aliphatic imine (C=N–C) groups is 1. The predicted molar refractivity (Wildman–Crippen MR) is 120 cm³/mol. The van der Waals surface area contributed by atoms with E-state index in [0.717, 1.165) is 36.8 Å². The number of guanidine groups is 1. The third-order valence-electron chi connectivity index (χ3n) is 6.98. The van der Waals surface area contributed by atoms with Crippen LogP contribution in [0.5, 0.6) is 0 Å². The van der Waals surface area contributed by atoms with Crippen molar-refractivity contribution in [1.82, 2.24) is 10.2 Å². The van der Waals surface area contributed by atoms with Crippen molar-refractivity contribution in [3.63, 3.8) is 0 Å². The third-order valence-corrected chi connectivity index (χ3v) is 6.98. The number of nitriles is 1. The van der Waals surface area contributed by atoms with Crippen molar-refractivity contribution in [3.8, 4) is 6.07 Å². The molecule has 4 rings (SSSR count). The molecule has 1 saturated carbocycles. The van der Waals surface area contributed by atoms with Crippen LogP contribution >= 0.6 is 0 Å². The minimum Gasteiger partial charge on any atom is -0.370 e. The molecular formula is C24H29FN6O. The minimum absolute atomic E-state index is 0.0249. The van der Waals surface area contributed by atoms with E-state index in [1.54, 1.807) is 6.07 Å². The largest absolute Gasteiger partial charge is 0.370 e. The molecule has 3 atom stereocenters. The maximum absolute atomic E-state index is 14.0. The zero-order chi connectivity index (χ0) is 23.0. The molecular weight excluding hydrogens is 407 g/mol. The molecule has 32 heavy (non-hydrogen) atoms. The van der Waals surface area contributed by atoms with Gasteiger partial charge in [0.25, 0.3) is 0 Å². The predicted octanol–water partition coefficient (Wildman–Crippen LogP) is 3.18. The molecule has 168 valence electrons. The van der Waals surface area contributed by atoms with E-state index in [2.05, 4.69) is 30.2 Å². The summed E-state index contributed by atoms with van der Waals surface area (Å²) in [4.78, 5) is 19.4. The molecule has 1 fully saturated rings. The zero-order valence-corrected chi connectivity index (χ0v) is 18.5. The Balaban J connectivity index is 1.73. The Kier molecular flexibility index (Phi) is 5.76. The van der Waals surface area contributed by atoms with Crippen molar-refractivity contribution in [2.45, 2.75) is 45.4 Å². The van der Waals surface area contributed by atoms with Crippen molar-refractivity contribution in [3.05, 3.63) is 46.9 Å². The SMILES string of the molecule is CC1CC(C)CC2(Cc3ccc(C#N)cc3C2C(=O)N(CC2=NCC(F)=CN2)C(=N)N)C1. The molecule has 3 aliphatic rings. The molecule has 3 unspecified atom stereocenters. The first-order chi connectivity index (χ1) is 15.2. The number of fused-ring (bicyclic) bond motifs is 1. The fourth-order valence-electron chi connectivity index (χ4n) is 6.11. The highest BCUT2D eigenvalue weighted by atomic mass is 19.1. The highest BCUT2D eigenvalue weighted by Gasteiger charge is 2.53. The van der Waals surface area contributed by atoms with E-state index in [-0.39, 0.29) is 30.4 Å². The first-order valence-electron chi connectivity index (χ1n) is 11.0. The van der Waals surface area contributed by atoms with Crippen LogP contribution in [0, 0.1) is 34.0 Å². The van der Waals surface area contributed by atoms with Gasteiger partial charge in [-0.25, -0.2) is 4.39 Å². The maximum atomic E-state index is 14.0. The summed E-state index contributed by atoms with van der Waals surface area (Å²) in [6.07, 6.45) is 4.92. The molecule has 0 aromatic heterocycles. The van der Waals surface area contributed by atoms with E-state index in [9.17, 15) is 14.4 Å². The summed E-state index contributed by atoms with van der Waals surface area (Å²) in [5.74, 6) is -0.176. The Labute approximate surface area is 187 Å². The normalized spacial score (nSPS) is 28.8. The van der Waals surface area contributed by atoms with Gasteiger partial charge in [0.15, 0.2) is 5.96 Å². The van der Waals surface area contributed by atoms with Crippen LogP contribution in [0.1, 0.15) is 55.7 Å². The Bertz CT molecular complexity index is 1050. The van der Waals surface area contributed by atoms with E-state index in [0.29, 0.717) is 23.2 Å². The quantitative estimate of drug-likeness (QED) is 0.498. The number of carbonyl (C=O) groups excluding carboxylic acids is 1. The lowest BCUT2D eigenvalue weighted by Gasteiger charge is -2.45. The number of rotatable bonds is 3. The summed E-state index contributed by atoms with van der Waals surface area (Å²) >= 11 is 0. The molecule has 1 aromatic rings. The van der Waals surface area contributed by atoms with Gasteiger partial charge in [-0.05, 0) is 66.2 Å². The lowest BCUT2D eigenvalue weighted by atomic mass is 9.60. The van der Waals surface area contributed by atoms with Crippen LogP contribution in [0.25, 0.3) is 0 Å². The molecule has 1 aliphatic heterocycles. The number of amidine groups is 1. The molecule has 1 heterocycles. The van der Waals surface area contributed by atoms with Crippen molar-refractivity contribution < 1.29 is 9.18 Å². The molecule has 4 N–H and O–H groups in total. The van der Waals surface area contributed by atoms with Crippen molar-refractivity contribution in [1.29, 1.82) is 10.7 Å². The summed E-state index contributed by atoms with van der Waals surface area (Å²) in [6.45, 7) is 4.34. The molecule has 0 radical (unpaired) electrons. The number of benzene rings is 1. The van der Waals surface area contributed by atoms with Gasteiger partial charge in [0.05, 0.1) is 30.6 Å². The Morgan fingerprint density at radius 1 is 1.41 bits per heavy atom. The van der Waals surface area contributed by atoms with Crippen LogP contribution in [-0.2, 0) is 11.2 Å². The third kappa shape index (κ3) is 3.99. The van der Waals surface area contributed by atoms with Gasteiger partial charge >= 0.3 is 0 Å². The molecule has 0 saturated heterocycles. The first-order valence-corrected chi connectivity index (χ1v) is 11.0. The van der Waals surface area contributed by atoms with Crippen LogP contribution in [0.2, 0.25) is 0 Å². The first kappa shape index (κ1) is 22.0. The number of hydrogen-bond acceptors (Lipinski definition) is 5. The Morgan fingerprint density at radius 3 is 2.72 bits per heavy atom. The Hall–Kier alpha value is -3.21. The second kappa shape index (κ2) is 8.38. The molecule has 7 nitrogen and oxygen atoms in total. The monoisotopic (exact) mass is 436 g/mol. The number of nitrogens with two attached hydrogens (primary N) is 1. The smallest absolute Gasteiger partial charge is 0.237 e. The highest BCUT2D eigenvalue weighted by molar-refractivity contribution is 6.03. The lowest BCUT2D eigenvalue weighted by Crippen LogP contribution is -2.51. The van der Waals surface area contributed by atoms with Gasteiger partial charge in [0.1, 0.15) is 11.7 Å². The van der Waals surface area contributed by atoms with E-state index in [1.807, 2.05) is 12.1 Å². The molecule has 1 amide bonds. The number of nitrogens with zero attached hydrogens (tertiary/aromatic N) is 3. The van der Waals surface area contributed by atoms with E-state index in [1.165, 1.54) is 11.1 Å². The van der Waals surface area contributed by atoms with Crippen molar-refractivity contribution >= 4 is 17.7 Å². The number of carbonyl (C=O) groups is 1. The van der Waals surface area contributed by atoms with Gasteiger partial charge in [-0.1, -0.05) is 19.9 Å². The van der Waals surface area contributed by atoms with Gasteiger partial charge in [-0.2, -0.15) is 5.26 Å². The van der Waals surface area contributed by atoms with E-state index < -0.39 is 11.7 Å². The summed E-state index contributed by atoms with van der Waals surface area (Å²) in [5, 5.41) is 20.3. The van der Waals surface area contributed by atoms with E-state index in [4.69, 9.17) is 11.1 Å². The molecule has 1 aromatic carbocycles. The topological polar surface area (TPSA) is 118 Å². The number of hydrogen-bond donors (Lipinski definition) is 3. The standard InChI is InChI=1S/C24H29FN6O/c1-14-5-15(2)8-24(7-14)9-17-4-3-16(10-26)6-19(17)21(24)22(32)31(23(27)28)13-20-29-11-18(25)12-30-20/h3-4,6,11,14-15,21H,5,7-9,12-13H2,1-2H3,(H3,27,28)(H,29,30). The van der Waals surface area contributed by atoms with Crippen LogP contribution in [0.3, 0.4) is 0 Å². The average molecular weight is 437 g/mol. The lowest BCUT2D eigenvalue weighted by molar-refractivity contribution is -0.132. The summed E-state index contributed by atoms with van der Waals surface area (Å²) in [7, 11) is 0. The molecule has 8 heteroatoms. The van der Waals surface area contributed by atoms with Crippen LogP contribution in [-0.4, -0.2) is 35.7 Å². The van der Waals surface area contributed by atoms with E-state index >= 15 is 0 Å². The van der Waals surface area contributed by atoms with Crippen LogP contribution < -0.4 is 11.1 Å². The van der Waals surface area contributed by atoms with Gasteiger partial charge in [0.2, 0.25) is 5.91 Å². The van der Waals surface area contributed by atoms with Crippen molar-refractivity contribution in [2.24, 2.45) is 28.0 Å². The fraction of sp³-hybridized carbons (Fsp3) is 0.500. The zero-order valence-electron chi connectivity index (χ0n) is 18.5. The van der Waals surface area contributed by atoms with Gasteiger partial charge in [-0.15, -0.1) is 0 Å². The second-order valence-corrected chi connectivity index (χ2v) is 9.66. The van der Waals surface area contributed by atoms with Crippen LogP contribution in [0.15, 0.2) is 35.2 Å². The van der Waals surface area contributed by atoms with Gasteiger partial charge in [-0.3, -0.25) is 20.1 Å². The average Bonchev–Trinajstić information content (AvgIpc) is 3.02. The van der Waals surface area contributed by atoms with Gasteiger partial charge in [0, 0.05) is 6.20 Å². The Morgan fingerprint density at radius 2 is 2.12 bits per heavy atom.